The molecule has 0 saturated heterocycles. The van der Waals surface area contributed by atoms with Crippen LogP contribution in [0.5, 0.6) is 0 Å². The molecule has 9 nitrogen and oxygen atoms in total. The molecular weight excluding hydrogens is 378 g/mol. The number of amides is 1. The van der Waals surface area contributed by atoms with Gasteiger partial charge in [-0.2, -0.15) is 0 Å². The average Bonchev–Trinajstić information content (AvgIpc) is 2.69. The molecule has 0 aromatic heterocycles. The third-order valence-corrected chi connectivity index (χ3v) is 4.02. The van der Waals surface area contributed by atoms with Gasteiger partial charge in [-0.25, -0.2) is 4.79 Å². The first-order valence-electron chi connectivity index (χ1n) is 8.91. The van der Waals surface area contributed by atoms with Gasteiger partial charge in [-0.1, -0.05) is 17.7 Å². The summed E-state index contributed by atoms with van der Waals surface area (Å²) in [6.07, 6.45) is -1.08. The predicted molar refractivity (Wildman–Crippen MR) is 108 cm³/mol. The molecule has 0 spiro atoms. The van der Waals surface area contributed by atoms with Crippen LogP contribution in [0.4, 0.5) is 17.1 Å². The number of nitro groups is 1. The van der Waals surface area contributed by atoms with Crippen LogP contribution in [0, 0.1) is 17.0 Å². The van der Waals surface area contributed by atoms with Crippen molar-refractivity contribution in [2.24, 2.45) is 0 Å². The van der Waals surface area contributed by atoms with Crippen LogP contribution in [0.3, 0.4) is 0 Å². The summed E-state index contributed by atoms with van der Waals surface area (Å²) in [7, 11) is 1.52. The maximum absolute atomic E-state index is 12.3. The molecule has 0 aliphatic heterocycles. The Kier molecular flexibility index (Phi) is 7.67. The lowest BCUT2D eigenvalue weighted by Gasteiger charge is -2.14. The van der Waals surface area contributed by atoms with E-state index in [1.165, 1.54) is 26.2 Å². The van der Waals surface area contributed by atoms with Gasteiger partial charge in [0, 0.05) is 25.4 Å². The monoisotopic (exact) mass is 401 g/mol. The lowest BCUT2D eigenvalue weighted by molar-refractivity contribution is -0.384. The molecule has 2 rings (SSSR count). The normalized spacial score (nSPS) is 11.4. The minimum absolute atomic E-state index is 0.0241. The van der Waals surface area contributed by atoms with E-state index in [2.05, 4.69) is 10.6 Å². The summed E-state index contributed by atoms with van der Waals surface area (Å²) in [5.41, 5.74) is 1.58. The molecule has 0 aliphatic rings. The van der Waals surface area contributed by atoms with Crippen LogP contribution >= 0.6 is 0 Å². The zero-order valence-corrected chi connectivity index (χ0v) is 16.4. The molecule has 0 aliphatic carbocycles. The summed E-state index contributed by atoms with van der Waals surface area (Å²) in [6.45, 7) is 4.09. The molecule has 1 amide bonds. The Morgan fingerprint density at radius 1 is 1.17 bits per heavy atom. The van der Waals surface area contributed by atoms with Crippen molar-refractivity contribution in [2.75, 3.05) is 30.9 Å². The van der Waals surface area contributed by atoms with E-state index in [1.54, 1.807) is 12.1 Å². The Morgan fingerprint density at radius 2 is 1.86 bits per heavy atom. The molecule has 9 heteroatoms. The van der Waals surface area contributed by atoms with E-state index in [0.29, 0.717) is 18.8 Å². The summed E-state index contributed by atoms with van der Waals surface area (Å²) in [4.78, 5) is 35.3. The molecule has 0 fully saturated rings. The highest BCUT2D eigenvalue weighted by Gasteiger charge is 2.22. The third kappa shape index (κ3) is 6.28. The van der Waals surface area contributed by atoms with Crippen molar-refractivity contribution < 1.29 is 24.0 Å². The predicted octanol–water partition coefficient (Wildman–Crippen LogP) is 3.15. The molecule has 0 saturated carbocycles. The second-order valence-electron chi connectivity index (χ2n) is 6.31. The van der Waals surface area contributed by atoms with Crippen molar-refractivity contribution >= 4 is 28.9 Å². The summed E-state index contributed by atoms with van der Waals surface area (Å²) >= 11 is 0. The van der Waals surface area contributed by atoms with Crippen molar-refractivity contribution in [3.8, 4) is 0 Å². The largest absolute Gasteiger partial charge is 0.449 e. The van der Waals surface area contributed by atoms with Gasteiger partial charge in [-0.15, -0.1) is 0 Å². The Morgan fingerprint density at radius 3 is 2.48 bits per heavy atom. The minimum Gasteiger partial charge on any atom is -0.449 e. The van der Waals surface area contributed by atoms with Crippen LogP contribution in [-0.4, -0.2) is 43.2 Å². The molecule has 154 valence electrons. The van der Waals surface area contributed by atoms with Crippen LogP contribution < -0.4 is 10.6 Å². The number of methoxy groups -OCH3 is 1. The summed E-state index contributed by atoms with van der Waals surface area (Å²) in [5, 5.41) is 16.8. The Hall–Kier alpha value is -3.46. The average molecular weight is 401 g/mol. The molecule has 2 aromatic rings. The van der Waals surface area contributed by atoms with E-state index in [-0.39, 0.29) is 16.9 Å². The maximum Gasteiger partial charge on any atom is 0.339 e. The van der Waals surface area contributed by atoms with Gasteiger partial charge in [0.05, 0.1) is 17.1 Å². The smallest absolute Gasteiger partial charge is 0.339 e. The number of nitrogens with zero attached hydrogens (tertiary/aromatic N) is 1. The number of nitro benzene ring substituents is 1. The van der Waals surface area contributed by atoms with E-state index in [9.17, 15) is 19.7 Å². The van der Waals surface area contributed by atoms with Gasteiger partial charge in [0.15, 0.2) is 6.10 Å². The highest BCUT2D eigenvalue weighted by atomic mass is 16.6. The van der Waals surface area contributed by atoms with Gasteiger partial charge in [0.2, 0.25) is 0 Å². The lowest BCUT2D eigenvalue weighted by atomic mass is 10.1. The minimum atomic E-state index is -1.08. The number of carbonyl (C=O) groups is 2. The van der Waals surface area contributed by atoms with Crippen LogP contribution in [0.2, 0.25) is 0 Å². The Labute approximate surface area is 168 Å². The van der Waals surface area contributed by atoms with Crippen molar-refractivity contribution in [3.63, 3.8) is 0 Å². The van der Waals surface area contributed by atoms with Gasteiger partial charge in [-0.05, 0) is 38.1 Å². The quantitative estimate of drug-likeness (QED) is 0.287. The van der Waals surface area contributed by atoms with Gasteiger partial charge in [0.25, 0.3) is 11.6 Å². The fourth-order valence-corrected chi connectivity index (χ4v) is 2.41. The number of carbonyl (C=O) groups excluding carboxylic acids is 2. The van der Waals surface area contributed by atoms with E-state index >= 15 is 0 Å². The van der Waals surface area contributed by atoms with Crippen LogP contribution in [-0.2, 0) is 14.3 Å². The highest BCUT2D eigenvalue weighted by Crippen LogP contribution is 2.26. The number of esters is 1. The van der Waals surface area contributed by atoms with E-state index in [1.807, 2.05) is 19.1 Å². The number of aryl methyl sites for hydroxylation is 1. The van der Waals surface area contributed by atoms with Gasteiger partial charge in [-0.3, -0.25) is 14.9 Å². The number of nitrogens with one attached hydrogen (secondary N) is 2. The van der Waals surface area contributed by atoms with Crippen molar-refractivity contribution in [1.82, 2.24) is 0 Å². The molecule has 1 atom stereocenters. The van der Waals surface area contributed by atoms with E-state index in [4.69, 9.17) is 9.47 Å². The number of hydrogen-bond donors (Lipinski definition) is 2. The van der Waals surface area contributed by atoms with Crippen molar-refractivity contribution in [3.05, 3.63) is 63.7 Å². The second kappa shape index (κ2) is 10.2. The Bertz CT molecular complexity index is 882. The zero-order chi connectivity index (χ0) is 21.4. The topological polar surface area (TPSA) is 120 Å². The van der Waals surface area contributed by atoms with Crippen LogP contribution in [0.15, 0.2) is 42.5 Å². The third-order valence-electron chi connectivity index (χ3n) is 4.02. The molecule has 2 N–H and O–H groups in total. The lowest BCUT2D eigenvalue weighted by Crippen LogP contribution is -2.30. The first-order chi connectivity index (χ1) is 13.8. The van der Waals surface area contributed by atoms with E-state index in [0.717, 1.165) is 11.6 Å². The Balaban J connectivity index is 2.04. The molecule has 2 aromatic carbocycles. The van der Waals surface area contributed by atoms with Crippen LogP contribution in [0.25, 0.3) is 0 Å². The maximum atomic E-state index is 12.3. The molecule has 0 bridgehead atoms. The highest BCUT2D eigenvalue weighted by molar-refractivity contribution is 5.97. The number of benzene rings is 2. The SMILES string of the molecule is COCCNc1ccc(C(=O)O[C@H](C)C(=O)Nc2ccc(C)cc2)cc1[N+](=O)[O-]. The van der Waals surface area contributed by atoms with E-state index < -0.39 is 22.9 Å². The first-order valence-corrected chi connectivity index (χ1v) is 8.91. The number of anilines is 2. The fourth-order valence-electron chi connectivity index (χ4n) is 2.41. The van der Waals surface area contributed by atoms with Crippen molar-refractivity contribution in [2.45, 2.75) is 20.0 Å². The molecular formula is C20H23N3O6. The van der Waals surface area contributed by atoms with Gasteiger partial charge >= 0.3 is 5.97 Å². The molecule has 0 unspecified atom stereocenters. The van der Waals surface area contributed by atoms with Crippen molar-refractivity contribution in [1.29, 1.82) is 0 Å². The second-order valence-corrected chi connectivity index (χ2v) is 6.31. The summed E-state index contributed by atoms with van der Waals surface area (Å²) in [5.74, 6) is -1.34. The van der Waals surface area contributed by atoms with Gasteiger partial charge < -0.3 is 20.1 Å². The van der Waals surface area contributed by atoms with Crippen LogP contribution in [0.1, 0.15) is 22.8 Å². The first kappa shape index (κ1) is 21.8. The molecule has 0 radical (unpaired) electrons. The number of rotatable bonds is 9. The molecule has 0 heterocycles. The summed E-state index contributed by atoms with van der Waals surface area (Å²) in [6, 6.07) is 11.1. The summed E-state index contributed by atoms with van der Waals surface area (Å²) < 4.78 is 10.0. The number of hydrogen-bond acceptors (Lipinski definition) is 7. The fraction of sp³-hybridized carbons (Fsp3) is 0.300. The van der Waals surface area contributed by atoms with Gasteiger partial charge in [0.1, 0.15) is 5.69 Å². The zero-order valence-electron chi connectivity index (χ0n) is 16.4. The molecule has 29 heavy (non-hydrogen) atoms. The standard InChI is InChI=1S/C20H23N3O6/c1-13-4-7-16(8-5-13)22-19(24)14(2)29-20(25)15-6-9-17(21-10-11-28-3)18(12-15)23(26)27/h4-9,12,14,21H,10-11H2,1-3H3,(H,22,24)/t14-/m1/s1. The number of ether oxygens (including phenoxy) is 2.